The predicted molar refractivity (Wildman–Crippen MR) is 49.9 cm³/mol. The van der Waals surface area contributed by atoms with E-state index in [2.05, 4.69) is 5.32 Å². The summed E-state index contributed by atoms with van der Waals surface area (Å²) in [5.41, 5.74) is 6.61. The minimum atomic E-state index is -0.286. The standard InChI is InChI=1S/C10H11FN2O/c11-7-3-1-6(2-4-7)10-8(12)5-9(14)13-10/h1-4,8,10H,5,12H2,(H,13,14)/t8-,10?/m0/s1. The zero-order chi connectivity index (χ0) is 10.1. The number of hydrogen-bond acceptors (Lipinski definition) is 2. The van der Waals surface area contributed by atoms with E-state index < -0.39 is 0 Å². The highest BCUT2D eigenvalue weighted by atomic mass is 19.1. The summed E-state index contributed by atoms with van der Waals surface area (Å²) in [6.45, 7) is 0. The van der Waals surface area contributed by atoms with E-state index in [1.807, 2.05) is 0 Å². The molecule has 1 aromatic rings. The Hall–Kier alpha value is -1.42. The first-order valence-corrected chi connectivity index (χ1v) is 4.47. The Bertz CT molecular complexity index is 350. The van der Waals surface area contributed by atoms with Crippen molar-refractivity contribution in [2.75, 3.05) is 0 Å². The monoisotopic (exact) mass is 194 g/mol. The van der Waals surface area contributed by atoms with Crippen molar-refractivity contribution in [2.24, 2.45) is 5.73 Å². The van der Waals surface area contributed by atoms with Gasteiger partial charge in [0.15, 0.2) is 0 Å². The molecule has 1 saturated heterocycles. The molecule has 1 aliphatic heterocycles. The van der Waals surface area contributed by atoms with Crippen molar-refractivity contribution >= 4 is 5.91 Å². The third kappa shape index (κ3) is 1.61. The van der Waals surface area contributed by atoms with Crippen molar-refractivity contribution in [1.29, 1.82) is 0 Å². The van der Waals surface area contributed by atoms with Gasteiger partial charge in [0.1, 0.15) is 5.82 Å². The van der Waals surface area contributed by atoms with Gasteiger partial charge in [0.25, 0.3) is 0 Å². The average Bonchev–Trinajstić information content (AvgIpc) is 2.47. The normalized spacial score (nSPS) is 26.3. The third-order valence-corrected chi connectivity index (χ3v) is 2.39. The fraction of sp³-hybridized carbons (Fsp3) is 0.300. The van der Waals surface area contributed by atoms with E-state index in [1.54, 1.807) is 12.1 Å². The molecule has 0 bridgehead atoms. The lowest BCUT2D eigenvalue weighted by Gasteiger charge is -2.14. The molecule has 2 rings (SSSR count). The Labute approximate surface area is 81.1 Å². The highest BCUT2D eigenvalue weighted by Gasteiger charge is 2.30. The van der Waals surface area contributed by atoms with Crippen LogP contribution >= 0.6 is 0 Å². The molecule has 1 fully saturated rings. The van der Waals surface area contributed by atoms with Gasteiger partial charge in [0, 0.05) is 12.5 Å². The molecular weight excluding hydrogens is 183 g/mol. The molecule has 1 amide bonds. The Balaban J connectivity index is 2.23. The second kappa shape index (κ2) is 3.38. The maximum atomic E-state index is 12.6. The first kappa shape index (κ1) is 9.15. The van der Waals surface area contributed by atoms with Crippen LogP contribution in [0.25, 0.3) is 0 Å². The summed E-state index contributed by atoms with van der Waals surface area (Å²) in [5, 5.41) is 2.75. The average molecular weight is 194 g/mol. The van der Waals surface area contributed by atoms with Gasteiger partial charge in [-0.05, 0) is 17.7 Å². The lowest BCUT2D eigenvalue weighted by Crippen LogP contribution is -2.28. The Kier molecular flexibility index (Phi) is 2.21. The molecule has 0 aromatic heterocycles. The Morgan fingerprint density at radius 2 is 2.00 bits per heavy atom. The number of amides is 1. The van der Waals surface area contributed by atoms with Crippen molar-refractivity contribution in [2.45, 2.75) is 18.5 Å². The molecule has 1 aromatic carbocycles. The van der Waals surface area contributed by atoms with Gasteiger partial charge in [0.05, 0.1) is 6.04 Å². The van der Waals surface area contributed by atoms with Gasteiger partial charge in [-0.15, -0.1) is 0 Å². The number of carbonyl (C=O) groups is 1. The molecule has 2 atom stereocenters. The molecule has 74 valence electrons. The van der Waals surface area contributed by atoms with E-state index in [0.717, 1.165) is 5.56 Å². The van der Waals surface area contributed by atoms with Gasteiger partial charge in [0.2, 0.25) is 5.91 Å². The summed E-state index contributed by atoms with van der Waals surface area (Å²) in [7, 11) is 0. The van der Waals surface area contributed by atoms with Crippen LogP contribution in [0.3, 0.4) is 0 Å². The predicted octanol–water partition coefficient (Wildman–Crippen LogP) is 0.714. The Morgan fingerprint density at radius 3 is 2.50 bits per heavy atom. The number of hydrogen-bond donors (Lipinski definition) is 2. The second-order valence-electron chi connectivity index (χ2n) is 3.46. The quantitative estimate of drug-likeness (QED) is 0.692. The van der Waals surface area contributed by atoms with Gasteiger partial charge in [-0.2, -0.15) is 0 Å². The maximum Gasteiger partial charge on any atom is 0.222 e. The molecule has 0 aliphatic carbocycles. The highest BCUT2D eigenvalue weighted by Crippen LogP contribution is 2.22. The maximum absolute atomic E-state index is 12.6. The molecule has 1 aliphatic rings. The van der Waals surface area contributed by atoms with Crippen LogP contribution in [-0.4, -0.2) is 11.9 Å². The van der Waals surface area contributed by atoms with Crippen LogP contribution in [0, 0.1) is 5.82 Å². The van der Waals surface area contributed by atoms with Crippen LogP contribution < -0.4 is 11.1 Å². The van der Waals surface area contributed by atoms with Crippen molar-refractivity contribution in [3.8, 4) is 0 Å². The molecule has 0 saturated carbocycles. The van der Waals surface area contributed by atoms with Crippen LogP contribution in [0.2, 0.25) is 0 Å². The molecule has 1 unspecified atom stereocenters. The number of carbonyl (C=O) groups excluding carboxylic acids is 1. The number of halogens is 1. The summed E-state index contributed by atoms with van der Waals surface area (Å²) in [6, 6.07) is 5.63. The van der Waals surface area contributed by atoms with Gasteiger partial charge >= 0.3 is 0 Å². The number of nitrogens with two attached hydrogens (primary N) is 1. The van der Waals surface area contributed by atoms with Gasteiger partial charge in [-0.1, -0.05) is 12.1 Å². The van der Waals surface area contributed by atoms with Crippen LogP contribution in [0.1, 0.15) is 18.0 Å². The van der Waals surface area contributed by atoms with Gasteiger partial charge in [-0.25, -0.2) is 4.39 Å². The minimum absolute atomic E-state index is 0.0492. The molecule has 0 spiro atoms. The van der Waals surface area contributed by atoms with E-state index >= 15 is 0 Å². The lowest BCUT2D eigenvalue weighted by molar-refractivity contribution is -0.119. The zero-order valence-electron chi connectivity index (χ0n) is 7.53. The van der Waals surface area contributed by atoms with E-state index in [-0.39, 0.29) is 23.8 Å². The van der Waals surface area contributed by atoms with E-state index in [0.29, 0.717) is 6.42 Å². The lowest BCUT2D eigenvalue weighted by atomic mass is 10.0. The van der Waals surface area contributed by atoms with Crippen molar-refractivity contribution in [3.05, 3.63) is 35.6 Å². The van der Waals surface area contributed by atoms with Crippen molar-refractivity contribution < 1.29 is 9.18 Å². The van der Waals surface area contributed by atoms with E-state index in [4.69, 9.17) is 5.73 Å². The SMILES string of the molecule is N[C@H]1CC(=O)NC1c1ccc(F)cc1. The number of rotatable bonds is 1. The summed E-state index contributed by atoms with van der Waals surface area (Å²) in [5.74, 6) is -0.335. The summed E-state index contributed by atoms with van der Waals surface area (Å²) in [4.78, 5) is 11.0. The van der Waals surface area contributed by atoms with E-state index in [1.165, 1.54) is 12.1 Å². The first-order valence-electron chi connectivity index (χ1n) is 4.47. The van der Waals surface area contributed by atoms with Gasteiger partial charge < -0.3 is 11.1 Å². The van der Waals surface area contributed by atoms with Crippen molar-refractivity contribution in [3.63, 3.8) is 0 Å². The largest absolute Gasteiger partial charge is 0.348 e. The summed E-state index contributed by atoms with van der Waals surface area (Å²) in [6.07, 6.45) is 0.335. The van der Waals surface area contributed by atoms with E-state index in [9.17, 15) is 9.18 Å². The van der Waals surface area contributed by atoms with Crippen molar-refractivity contribution in [1.82, 2.24) is 5.32 Å². The zero-order valence-corrected chi connectivity index (χ0v) is 7.53. The van der Waals surface area contributed by atoms with Crippen LogP contribution in [0.4, 0.5) is 4.39 Å². The molecule has 1 heterocycles. The fourth-order valence-corrected chi connectivity index (χ4v) is 1.67. The number of benzene rings is 1. The molecule has 14 heavy (non-hydrogen) atoms. The molecule has 3 nitrogen and oxygen atoms in total. The van der Waals surface area contributed by atoms with Crippen LogP contribution in [0.15, 0.2) is 24.3 Å². The highest BCUT2D eigenvalue weighted by molar-refractivity contribution is 5.80. The van der Waals surface area contributed by atoms with Crippen LogP contribution in [0.5, 0.6) is 0 Å². The smallest absolute Gasteiger partial charge is 0.222 e. The minimum Gasteiger partial charge on any atom is -0.348 e. The topological polar surface area (TPSA) is 55.1 Å². The molecule has 3 N–H and O–H groups in total. The fourth-order valence-electron chi connectivity index (χ4n) is 1.67. The van der Waals surface area contributed by atoms with Gasteiger partial charge in [-0.3, -0.25) is 4.79 Å². The molecular formula is C10H11FN2O. The Morgan fingerprint density at radius 1 is 1.36 bits per heavy atom. The molecule has 0 radical (unpaired) electrons. The first-order chi connectivity index (χ1) is 6.66. The second-order valence-corrected chi connectivity index (χ2v) is 3.46. The molecule has 4 heteroatoms. The third-order valence-electron chi connectivity index (χ3n) is 2.39. The van der Waals surface area contributed by atoms with Crippen LogP contribution in [-0.2, 0) is 4.79 Å². The summed E-state index contributed by atoms with van der Waals surface area (Å²) < 4.78 is 12.6. The number of nitrogens with one attached hydrogen (secondary N) is 1. The summed E-state index contributed by atoms with van der Waals surface area (Å²) >= 11 is 0.